The van der Waals surface area contributed by atoms with Gasteiger partial charge >= 0.3 is 26.1 Å². The molecule has 3 aromatic heterocycles. The Labute approximate surface area is 534 Å². The van der Waals surface area contributed by atoms with Gasteiger partial charge in [0, 0.05) is 57.7 Å². The number of alkyl halides is 8. The SMILES string of the molecule is Cc1cc(CC(=O)N[C@@H](CC(N)=O)C(=O)O)c(C(C)(C)CC(=O)N(Cc2nn(CC(F)(F)F)c3c(-c4ccc(C#CC(C)(C)S(C)(=O)=O)nc4[C@H](Cc4cc(F)cc(F)c4)NC(=O)Cn4nc(C(F)(F)F)c5c4C(F)(F)[C@@H]4C[C@H]54)ccc(Cl)c23)S(=O)O)c(OP(=O)(O)O)c1. The second-order valence-electron chi connectivity index (χ2n) is 23.5. The number of carbonyl (C=O) groups is 5. The summed E-state index contributed by atoms with van der Waals surface area (Å²) >= 11 is 3.34. The fourth-order valence-electron chi connectivity index (χ4n) is 11.1. The molecule has 0 saturated heterocycles. The van der Waals surface area contributed by atoms with Crippen molar-refractivity contribution in [3.63, 3.8) is 0 Å². The molecule has 0 aliphatic heterocycles. The average molecular weight is 1410 g/mol. The molecule has 2 aliphatic carbocycles. The summed E-state index contributed by atoms with van der Waals surface area (Å²) < 4.78 is 215. The molecule has 0 spiro atoms. The third kappa shape index (κ3) is 16.0. The number of primary amides is 1. The number of carboxylic acid groups (broad SMARTS) is 1. The first-order valence-corrected chi connectivity index (χ1v) is 32.4. The highest BCUT2D eigenvalue weighted by Gasteiger charge is 2.68. The molecule has 2 aliphatic rings. The number of aromatic nitrogens is 5. The van der Waals surface area contributed by atoms with Crippen molar-refractivity contribution in [1.82, 2.24) is 39.5 Å². The number of nitrogens with two attached hydrogens (primary N) is 1. The Morgan fingerprint density at radius 3 is 2.16 bits per heavy atom. The van der Waals surface area contributed by atoms with E-state index in [9.17, 15) is 87.0 Å². The number of hydrogen-bond acceptors (Lipinski definition) is 13. The van der Waals surface area contributed by atoms with E-state index < -0.39 is 218 Å². The molecular weight excluding hydrogens is 1360 g/mol. The minimum absolute atomic E-state index is 0.159. The van der Waals surface area contributed by atoms with Gasteiger partial charge in [-0.15, -0.1) is 0 Å². The molecule has 6 aromatic rings. The maximum atomic E-state index is 15.8. The maximum absolute atomic E-state index is 15.8. The van der Waals surface area contributed by atoms with Gasteiger partial charge in [0.15, 0.2) is 15.5 Å². The van der Waals surface area contributed by atoms with Crippen LogP contribution in [0.25, 0.3) is 22.0 Å². The first-order valence-electron chi connectivity index (χ1n) is 27.6. The second kappa shape index (κ2) is 26.0. The van der Waals surface area contributed by atoms with Crippen LogP contribution in [0.2, 0.25) is 5.02 Å². The Hall–Kier alpha value is -8.00. The Balaban J connectivity index is 1.27. The van der Waals surface area contributed by atoms with E-state index in [4.69, 9.17) is 21.9 Å². The molecule has 1 unspecified atom stereocenters. The number of sulfone groups is 1. The number of hydrogen-bond donors (Lipinski definition) is 7. The molecule has 1 saturated carbocycles. The van der Waals surface area contributed by atoms with Gasteiger partial charge in [0.1, 0.15) is 52.7 Å². The lowest BCUT2D eigenvalue weighted by Gasteiger charge is -2.31. The second-order valence-corrected chi connectivity index (χ2v) is 28.6. The number of amides is 4. The van der Waals surface area contributed by atoms with Crippen molar-refractivity contribution in [2.75, 3.05) is 6.26 Å². The number of nitrogens with zero attached hydrogens (tertiary/aromatic N) is 6. The molecule has 1 fully saturated rings. The fraction of sp³-hybridized carbons (Fsp3) is 0.404. The molecule has 23 nitrogen and oxygen atoms in total. The van der Waals surface area contributed by atoms with Crippen LogP contribution in [0, 0.1) is 36.3 Å². The van der Waals surface area contributed by atoms with Gasteiger partial charge in [0.2, 0.25) is 23.6 Å². The predicted molar refractivity (Wildman–Crippen MR) is 313 cm³/mol. The summed E-state index contributed by atoms with van der Waals surface area (Å²) in [5, 5.41) is 20.7. The standard InChI is InChI=1S/C57H55ClF10N9O14PS2/c1-26-13-28(18-42(79)72-38(52(82)83)21-41(69)78)47(40(14-26)91-92(84,85)86)53(2,3)22-44(81)77(93(87)88)23-39-46-36(58)10-9-33(49(46)76(73-39)25-55(61,62)63)32-8-7-31(11-12-54(4,5)94(6,89)90)70-48(32)37(17-27-15-29(59)19-30(60)16-27)71-43(80)24-75-51-45(50(74-75)57(66,67)68)34-20-35(34)56(51,64)65/h7-10,13-16,19,34-35,37-38H,17-18,20-25H2,1-6H3,(H2,69,78)(H,71,80)(H,72,79)(H,82,83)(H,87,88)(H2,84,85,86)/t34-,35+,37-,38-/m0/s1. The van der Waals surface area contributed by atoms with Gasteiger partial charge < -0.3 is 26.0 Å². The van der Waals surface area contributed by atoms with Crippen LogP contribution in [0.4, 0.5) is 43.9 Å². The van der Waals surface area contributed by atoms with Gasteiger partial charge in [-0.25, -0.2) is 40.1 Å². The molecular formula is C57H55ClF10N9O14PS2. The summed E-state index contributed by atoms with van der Waals surface area (Å²) in [6.45, 7) is 1.71. The number of fused-ring (bicyclic) bond motifs is 4. The van der Waals surface area contributed by atoms with Crippen molar-refractivity contribution in [2.24, 2.45) is 11.7 Å². The fourth-order valence-corrected chi connectivity index (χ4v) is 12.5. The number of carbonyl (C=O) groups excluding carboxylic acids is 4. The van der Waals surface area contributed by atoms with Crippen LogP contribution in [0.5, 0.6) is 5.75 Å². The van der Waals surface area contributed by atoms with Crippen LogP contribution in [-0.4, -0.2) is 114 Å². The Bertz CT molecular complexity index is 4360. The van der Waals surface area contributed by atoms with Crippen LogP contribution in [0.3, 0.4) is 0 Å². The number of rotatable bonds is 23. The van der Waals surface area contributed by atoms with Crippen LogP contribution < -0.4 is 20.9 Å². The Morgan fingerprint density at radius 2 is 1.59 bits per heavy atom. The molecule has 4 amide bonds. The minimum atomic E-state index is -5.52. The van der Waals surface area contributed by atoms with Crippen molar-refractivity contribution >= 4 is 81.0 Å². The van der Waals surface area contributed by atoms with E-state index in [1.54, 1.807) is 0 Å². The van der Waals surface area contributed by atoms with Crippen LogP contribution in [0.1, 0.15) is 115 Å². The number of phosphoric acid groups is 1. The lowest BCUT2D eigenvalue weighted by atomic mass is 9.77. The van der Waals surface area contributed by atoms with Crippen LogP contribution in [-0.2, 0) is 99.6 Å². The van der Waals surface area contributed by atoms with Crippen molar-refractivity contribution in [1.29, 1.82) is 0 Å². The van der Waals surface area contributed by atoms with E-state index in [0.717, 1.165) is 48.7 Å². The zero-order chi connectivity index (χ0) is 70.1. The number of halogens is 11. The number of nitrogens with one attached hydrogen (secondary N) is 2. The highest BCUT2D eigenvalue weighted by Crippen LogP contribution is 2.68. The van der Waals surface area contributed by atoms with Crippen LogP contribution >= 0.6 is 19.4 Å². The number of pyridine rings is 1. The summed E-state index contributed by atoms with van der Waals surface area (Å²) in [6, 6.07) is 5.04. The average Bonchev–Trinajstić information content (AvgIpc) is 1.52. The minimum Gasteiger partial charge on any atom is -0.480 e. The molecule has 0 bridgehead atoms. The highest BCUT2D eigenvalue weighted by atomic mass is 35.5. The van der Waals surface area contributed by atoms with Gasteiger partial charge in [0.25, 0.3) is 17.2 Å². The van der Waals surface area contributed by atoms with Gasteiger partial charge in [-0.1, -0.05) is 43.5 Å². The molecule has 37 heteroatoms. The van der Waals surface area contributed by atoms with E-state index in [1.807, 2.05) is 0 Å². The van der Waals surface area contributed by atoms with E-state index in [1.165, 1.54) is 40.7 Å². The number of benzene rings is 3. The largest absolute Gasteiger partial charge is 0.524 e. The van der Waals surface area contributed by atoms with Crippen molar-refractivity contribution in [3.8, 4) is 28.7 Å². The third-order valence-electron chi connectivity index (χ3n) is 15.4. The molecule has 8 N–H and O–H groups in total. The molecule has 3 aromatic carbocycles. The molecule has 506 valence electrons. The van der Waals surface area contributed by atoms with Crippen molar-refractivity contribution in [2.45, 2.75) is 133 Å². The van der Waals surface area contributed by atoms with Gasteiger partial charge in [-0.2, -0.15) is 45.3 Å². The molecule has 8 rings (SSSR count). The number of aryl methyl sites for hydroxylation is 1. The summed E-state index contributed by atoms with van der Waals surface area (Å²) in [4.78, 5) is 90.4. The van der Waals surface area contributed by atoms with Crippen molar-refractivity contribution in [3.05, 3.63) is 128 Å². The molecule has 94 heavy (non-hydrogen) atoms. The lowest BCUT2D eigenvalue weighted by Crippen LogP contribution is -2.44. The normalized spacial score (nSPS) is 16.5. The van der Waals surface area contributed by atoms with Crippen LogP contribution in [0.15, 0.2) is 54.6 Å². The third-order valence-corrected chi connectivity index (χ3v) is 18.8. The first kappa shape index (κ1) is 71.8. The topological polar surface area (TPSA) is 346 Å². The quantitative estimate of drug-likeness (QED) is 0.0139. The predicted octanol–water partition coefficient (Wildman–Crippen LogP) is 7.89. The van der Waals surface area contributed by atoms with Gasteiger partial charge in [0.05, 0.1) is 47.4 Å². The maximum Gasteiger partial charge on any atom is 0.524 e. The molecule has 5 atom stereocenters. The number of aliphatic carboxylic acids is 1. The summed E-state index contributed by atoms with van der Waals surface area (Å²) in [7, 11) is -9.50. The van der Waals surface area contributed by atoms with E-state index >= 15 is 17.6 Å². The first-order chi connectivity index (χ1) is 43.2. The van der Waals surface area contributed by atoms with Gasteiger partial charge in [-0.3, -0.25) is 42.9 Å². The number of phosphoric ester groups is 1. The van der Waals surface area contributed by atoms with Crippen molar-refractivity contribution < 1.29 is 109 Å². The molecule has 3 heterocycles. The number of carboxylic acids is 1. The Morgan fingerprint density at radius 1 is 0.947 bits per heavy atom. The summed E-state index contributed by atoms with van der Waals surface area (Å²) in [5.74, 6) is -11.3. The summed E-state index contributed by atoms with van der Waals surface area (Å²) in [6.07, 6.45) is -13.4. The smallest absolute Gasteiger partial charge is 0.480 e. The van der Waals surface area contributed by atoms with E-state index in [0.29, 0.717) is 10.7 Å². The lowest BCUT2D eigenvalue weighted by molar-refractivity contribution is -0.143. The highest BCUT2D eigenvalue weighted by molar-refractivity contribution is 7.92. The van der Waals surface area contributed by atoms with Gasteiger partial charge in [-0.05, 0) is 98.5 Å². The molecule has 0 radical (unpaired) electrons. The van der Waals surface area contributed by atoms with E-state index in [2.05, 4.69) is 37.7 Å². The summed E-state index contributed by atoms with van der Waals surface area (Å²) in [5.41, 5.74) is -3.92. The zero-order valence-electron chi connectivity index (χ0n) is 49.7. The zero-order valence-corrected chi connectivity index (χ0v) is 53.0. The Kier molecular flexibility index (Phi) is 19.8. The monoisotopic (exact) mass is 1410 g/mol. The van der Waals surface area contributed by atoms with E-state index in [-0.39, 0.29) is 54.5 Å².